The summed E-state index contributed by atoms with van der Waals surface area (Å²) in [7, 11) is 0. The van der Waals surface area contributed by atoms with E-state index >= 15 is 0 Å². The number of hydrogen-bond donors (Lipinski definition) is 1. The highest BCUT2D eigenvalue weighted by Gasteiger charge is 2.52. The lowest BCUT2D eigenvalue weighted by Gasteiger charge is -2.47. The number of rotatable bonds is 5. The van der Waals surface area contributed by atoms with Gasteiger partial charge in [0.05, 0.1) is 16.8 Å². The van der Waals surface area contributed by atoms with Crippen molar-refractivity contribution in [1.29, 1.82) is 0 Å². The predicted molar refractivity (Wildman–Crippen MR) is 148 cm³/mol. The van der Waals surface area contributed by atoms with Gasteiger partial charge in [-0.05, 0) is 53.6 Å². The summed E-state index contributed by atoms with van der Waals surface area (Å²) in [5, 5.41) is 5.40. The monoisotopic (exact) mass is 529 g/mol. The lowest BCUT2D eigenvalue weighted by atomic mass is 9.83. The molecular weight excluding hydrogens is 497 g/mol. The highest BCUT2D eigenvalue weighted by atomic mass is 32.1. The molecule has 1 saturated carbocycles. The molecule has 1 fully saturated rings. The Hall–Kier alpha value is -3.45. The van der Waals surface area contributed by atoms with E-state index in [1.54, 1.807) is 22.3 Å². The van der Waals surface area contributed by atoms with Gasteiger partial charge >= 0.3 is 0 Å². The molecule has 1 N–H and O–H groups in total. The first-order chi connectivity index (χ1) is 18.6. The SMILES string of the molecule is O=C1c2cc3sccc3n2CC(C(=O)NC2CCCCCCC2)(c2ccccc2)N1Cc1cccc(F)c1. The Morgan fingerprint density at radius 3 is 2.50 bits per heavy atom. The molecule has 1 aliphatic heterocycles. The Balaban J connectivity index is 1.50. The maximum atomic E-state index is 14.6. The fourth-order valence-electron chi connectivity index (χ4n) is 6.17. The van der Waals surface area contributed by atoms with E-state index < -0.39 is 5.54 Å². The zero-order valence-corrected chi connectivity index (χ0v) is 22.2. The van der Waals surface area contributed by atoms with Crippen molar-refractivity contribution in [3.05, 3.63) is 94.7 Å². The van der Waals surface area contributed by atoms with Crippen molar-refractivity contribution < 1.29 is 14.0 Å². The lowest BCUT2D eigenvalue weighted by molar-refractivity contribution is -0.136. The first-order valence-electron chi connectivity index (χ1n) is 13.6. The van der Waals surface area contributed by atoms with Crippen LogP contribution in [-0.4, -0.2) is 27.3 Å². The van der Waals surface area contributed by atoms with Crippen LogP contribution in [0, 0.1) is 5.82 Å². The van der Waals surface area contributed by atoms with E-state index in [1.807, 2.05) is 58.5 Å². The molecule has 2 aliphatic rings. The van der Waals surface area contributed by atoms with Crippen LogP contribution in [0.3, 0.4) is 0 Å². The summed E-state index contributed by atoms with van der Waals surface area (Å²) < 4.78 is 17.2. The van der Waals surface area contributed by atoms with Crippen molar-refractivity contribution in [3.8, 4) is 0 Å². The molecule has 1 unspecified atom stereocenters. The Morgan fingerprint density at radius 2 is 1.74 bits per heavy atom. The first kappa shape index (κ1) is 24.9. The second-order valence-electron chi connectivity index (χ2n) is 10.5. The third-order valence-electron chi connectivity index (χ3n) is 8.13. The standard InChI is InChI=1S/C31H32FN3O2S/c32-24-13-9-10-22(18-24)20-35-29(36)27-19-28-26(16-17-38-28)34(27)21-31(35,23-11-5-4-6-12-23)30(37)33-25-14-7-2-1-3-8-15-25/h4-6,9-13,16-19,25H,1-3,7-8,14-15,20-21H2,(H,33,37). The van der Waals surface area contributed by atoms with Crippen LogP contribution >= 0.6 is 11.3 Å². The first-order valence-corrected chi connectivity index (χ1v) is 14.4. The number of thiophene rings is 1. The van der Waals surface area contributed by atoms with E-state index in [9.17, 15) is 14.0 Å². The zero-order chi connectivity index (χ0) is 26.1. The van der Waals surface area contributed by atoms with Crippen LogP contribution < -0.4 is 5.32 Å². The Bertz CT molecular complexity index is 1450. The largest absolute Gasteiger partial charge is 0.351 e. The number of nitrogens with zero attached hydrogens (tertiary/aromatic N) is 2. The molecule has 1 atom stereocenters. The second kappa shape index (κ2) is 10.4. The van der Waals surface area contributed by atoms with Crippen LogP contribution in [0.25, 0.3) is 10.2 Å². The summed E-state index contributed by atoms with van der Waals surface area (Å²) in [5.41, 5.74) is 1.65. The quantitative estimate of drug-likeness (QED) is 0.316. The molecule has 4 aromatic rings. The number of halogens is 1. The Kier molecular flexibility index (Phi) is 6.78. The smallest absolute Gasteiger partial charge is 0.272 e. The van der Waals surface area contributed by atoms with E-state index in [2.05, 4.69) is 5.32 Å². The number of benzene rings is 2. The van der Waals surface area contributed by atoms with Crippen LogP contribution in [0.4, 0.5) is 4.39 Å². The maximum Gasteiger partial charge on any atom is 0.272 e. The van der Waals surface area contributed by atoms with Gasteiger partial charge in [-0.15, -0.1) is 11.3 Å². The van der Waals surface area contributed by atoms with Gasteiger partial charge < -0.3 is 14.8 Å². The van der Waals surface area contributed by atoms with Gasteiger partial charge in [0.2, 0.25) is 0 Å². The van der Waals surface area contributed by atoms with E-state index in [0.29, 0.717) is 17.8 Å². The van der Waals surface area contributed by atoms with Crippen molar-refractivity contribution in [2.45, 2.75) is 69.6 Å². The number of aromatic nitrogens is 1. The topological polar surface area (TPSA) is 54.3 Å². The van der Waals surface area contributed by atoms with E-state index in [4.69, 9.17) is 0 Å². The van der Waals surface area contributed by atoms with E-state index in [0.717, 1.165) is 41.5 Å². The minimum Gasteiger partial charge on any atom is -0.351 e. The molecule has 0 radical (unpaired) electrons. The van der Waals surface area contributed by atoms with Gasteiger partial charge in [-0.3, -0.25) is 9.59 Å². The van der Waals surface area contributed by atoms with Crippen LogP contribution in [0.5, 0.6) is 0 Å². The fraction of sp³-hybridized carbons (Fsp3) is 0.355. The number of carbonyl (C=O) groups excluding carboxylic acids is 2. The highest BCUT2D eigenvalue weighted by Crippen LogP contribution is 2.41. The Labute approximate surface area is 226 Å². The number of nitrogens with one attached hydrogen (secondary N) is 1. The number of fused-ring (bicyclic) bond motifs is 3. The molecule has 196 valence electrons. The molecule has 3 heterocycles. The molecule has 0 bridgehead atoms. The van der Waals surface area contributed by atoms with Gasteiger partial charge in [-0.25, -0.2) is 4.39 Å². The summed E-state index contributed by atoms with van der Waals surface area (Å²) in [5.74, 6) is -0.748. The highest BCUT2D eigenvalue weighted by molar-refractivity contribution is 7.17. The number of carbonyl (C=O) groups is 2. The van der Waals surface area contributed by atoms with Crippen molar-refractivity contribution >= 4 is 33.4 Å². The minimum atomic E-state index is -1.28. The van der Waals surface area contributed by atoms with Gasteiger partial charge in [0, 0.05) is 12.6 Å². The number of hydrogen-bond acceptors (Lipinski definition) is 3. The summed E-state index contributed by atoms with van der Waals surface area (Å²) in [6.45, 7) is 0.425. The van der Waals surface area contributed by atoms with Gasteiger partial charge in [-0.1, -0.05) is 74.6 Å². The predicted octanol–water partition coefficient (Wildman–Crippen LogP) is 6.62. The summed E-state index contributed by atoms with van der Waals surface area (Å²) in [6.07, 6.45) is 7.68. The van der Waals surface area contributed by atoms with Crippen molar-refractivity contribution in [3.63, 3.8) is 0 Å². The minimum absolute atomic E-state index is 0.0711. The normalized spacial score (nSPS) is 20.7. The van der Waals surface area contributed by atoms with Crippen molar-refractivity contribution in [1.82, 2.24) is 14.8 Å². The molecule has 2 aromatic heterocycles. The molecule has 1 aliphatic carbocycles. The molecule has 2 amide bonds. The summed E-state index contributed by atoms with van der Waals surface area (Å²) in [6, 6.07) is 19.9. The molecule has 2 aromatic carbocycles. The molecular formula is C31H32FN3O2S. The lowest BCUT2D eigenvalue weighted by Crippen LogP contribution is -2.64. The summed E-state index contributed by atoms with van der Waals surface area (Å²) in [4.78, 5) is 30.6. The molecule has 0 saturated heterocycles. The van der Waals surface area contributed by atoms with Crippen molar-refractivity contribution in [2.75, 3.05) is 0 Å². The third-order valence-corrected chi connectivity index (χ3v) is 8.98. The zero-order valence-electron chi connectivity index (χ0n) is 21.4. The van der Waals surface area contributed by atoms with Crippen LogP contribution in [0.15, 0.2) is 72.1 Å². The van der Waals surface area contributed by atoms with Crippen molar-refractivity contribution in [2.24, 2.45) is 0 Å². The maximum absolute atomic E-state index is 14.6. The second-order valence-corrected chi connectivity index (χ2v) is 11.5. The van der Waals surface area contributed by atoms with Gasteiger partial charge in [-0.2, -0.15) is 0 Å². The average molecular weight is 530 g/mol. The van der Waals surface area contributed by atoms with E-state index in [-0.39, 0.29) is 30.2 Å². The average Bonchev–Trinajstić information content (AvgIpc) is 3.50. The summed E-state index contributed by atoms with van der Waals surface area (Å²) >= 11 is 1.59. The van der Waals surface area contributed by atoms with Crippen LogP contribution in [0.2, 0.25) is 0 Å². The molecule has 7 heteroatoms. The van der Waals surface area contributed by atoms with E-state index in [1.165, 1.54) is 31.4 Å². The number of amides is 2. The van der Waals surface area contributed by atoms with Crippen LogP contribution in [0.1, 0.15) is 66.6 Å². The molecule has 0 spiro atoms. The third kappa shape index (κ3) is 4.43. The molecule has 38 heavy (non-hydrogen) atoms. The Morgan fingerprint density at radius 1 is 0.974 bits per heavy atom. The van der Waals surface area contributed by atoms with Crippen LogP contribution in [-0.2, 0) is 23.4 Å². The molecule has 6 rings (SSSR count). The van der Waals surface area contributed by atoms with Gasteiger partial charge in [0.1, 0.15) is 11.5 Å². The fourth-order valence-corrected chi connectivity index (χ4v) is 6.99. The van der Waals surface area contributed by atoms with Gasteiger partial charge in [0.25, 0.3) is 11.8 Å². The van der Waals surface area contributed by atoms with Gasteiger partial charge in [0.15, 0.2) is 5.54 Å². The molecule has 5 nitrogen and oxygen atoms in total.